The molecular weight excluding hydrogens is 247 g/mol. The van der Waals surface area contributed by atoms with Crippen molar-refractivity contribution in [3.63, 3.8) is 0 Å². The number of nitrogens with one attached hydrogen (secondary N) is 2. The number of carbonyl (C=O) groups is 2. The molecule has 2 N–H and O–H groups in total. The minimum Gasteiger partial charge on any atom is -0.356 e. The molecule has 0 unspecified atom stereocenters. The van der Waals surface area contributed by atoms with Gasteiger partial charge in [0.05, 0.1) is 0 Å². The van der Waals surface area contributed by atoms with E-state index in [1.165, 1.54) is 25.3 Å². The standard InChI is InChI=1S/C14H13FN2O2/c1-8-3-4-11(6-12(8)15)17-14(19)13-5-10(7-16-13)9(2)18/h3-7,16H,1-2H3,(H,17,19). The molecule has 0 radical (unpaired) electrons. The highest BCUT2D eigenvalue weighted by atomic mass is 19.1. The Bertz CT molecular complexity index is 647. The molecule has 2 rings (SSSR count). The molecule has 1 amide bonds. The molecule has 1 heterocycles. The number of Topliss-reactive ketones (excluding diaryl/α,β-unsaturated/α-hetero) is 1. The van der Waals surface area contributed by atoms with Crippen molar-refractivity contribution in [1.82, 2.24) is 4.98 Å². The summed E-state index contributed by atoms with van der Waals surface area (Å²) in [5.41, 5.74) is 1.57. The van der Waals surface area contributed by atoms with E-state index in [1.807, 2.05) is 0 Å². The van der Waals surface area contributed by atoms with Gasteiger partial charge in [0.15, 0.2) is 5.78 Å². The number of H-pyrrole nitrogens is 1. The summed E-state index contributed by atoms with van der Waals surface area (Å²) in [4.78, 5) is 25.7. The second kappa shape index (κ2) is 5.06. The smallest absolute Gasteiger partial charge is 0.272 e. The van der Waals surface area contributed by atoms with E-state index in [9.17, 15) is 14.0 Å². The van der Waals surface area contributed by atoms with E-state index >= 15 is 0 Å². The maximum absolute atomic E-state index is 13.3. The summed E-state index contributed by atoms with van der Waals surface area (Å²) in [7, 11) is 0. The average molecular weight is 260 g/mol. The lowest BCUT2D eigenvalue weighted by Gasteiger charge is -2.04. The molecule has 1 aromatic carbocycles. The zero-order chi connectivity index (χ0) is 14.0. The maximum atomic E-state index is 13.3. The summed E-state index contributed by atoms with van der Waals surface area (Å²) in [6.07, 6.45) is 1.47. The maximum Gasteiger partial charge on any atom is 0.272 e. The van der Waals surface area contributed by atoms with Crippen molar-refractivity contribution in [2.45, 2.75) is 13.8 Å². The van der Waals surface area contributed by atoms with E-state index in [2.05, 4.69) is 10.3 Å². The number of amides is 1. The predicted octanol–water partition coefficient (Wildman–Crippen LogP) is 2.92. The molecule has 1 aromatic heterocycles. The molecule has 4 nitrogen and oxygen atoms in total. The largest absolute Gasteiger partial charge is 0.356 e. The van der Waals surface area contributed by atoms with Crippen LogP contribution in [0, 0.1) is 12.7 Å². The number of ketones is 1. The molecule has 98 valence electrons. The van der Waals surface area contributed by atoms with Crippen molar-refractivity contribution < 1.29 is 14.0 Å². The molecule has 0 fully saturated rings. The van der Waals surface area contributed by atoms with Crippen molar-refractivity contribution in [1.29, 1.82) is 0 Å². The number of halogens is 1. The van der Waals surface area contributed by atoms with Gasteiger partial charge >= 0.3 is 0 Å². The van der Waals surface area contributed by atoms with Crippen LogP contribution in [-0.4, -0.2) is 16.7 Å². The Hall–Kier alpha value is -2.43. The Morgan fingerprint density at radius 2 is 2.00 bits per heavy atom. The highest BCUT2D eigenvalue weighted by molar-refractivity contribution is 6.05. The van der Waals surface area contributed by atoms with Crippen LogP contribution in [0.1, 0.15) is 33.3 Å². The van der Waals surface area contributed by atoms with Gasteiger partial charge in [-0.1, -0.05) is 6.07 Å². The Kier molecular flexibility index (Phi) is 3.46. The van der Waals surface area contributed by atoms with Gasteiger partial charge in [-0.25, -0.2) is 4.39 Å². The van der Waals surface area contributed by atoms with Crippen molar-refractivity contribution in [2.75, 3.05) is 5.32 Å². The zero-order valence-corrected chi connectivity index (χ0v) is 10.6. The molecule has 0 spiro atoms. The summed E-state index contributed by atoms with van der Waals surface area (Å²) in [6, 6.07) is 5.91. The van der Waals surface area contributed by atoms with Crippen LogP contribution in [0.5, 0.6) is 0 Å². The van der Waals surface area contributed by atoms with E-state index in [1.54, 1.807) is 19.1 Å². The minimum atomic E-state index is -0.421. The first kappa shape index (κ1) is 13.0. The topological polar surface area (TPSA) is 62.0 Å². The first-order valence-electron chi connectivity index (χ1n) is 5.74. The fourth-order valence-corrected chi connectivity index (χ4v) is 1.60. The number of anilines is 1. The van der Waals surface area contributed by atoms with Crippen LogP contribution in [0.25, 0.3) is 0 Å². The average Bonchev–Trinajstić information content (AvgIpc) is 2.83. The molecule has 19 heavy (non-hydrogen) atoms. The van der Waals surface area contributed by atoms with Crippen LogP contribution in [0.15, 0.2) is 30.5 Å². The highest BCUT2D eigenvalue weighted by Gasteiger charge is 2.11. The fourth-order valence-electron chi connectivity index (χ4n) is 1.60. The van der Waals surface area contributed by atoms with Gasteiger partial charge in [0.25, 0.3) is 5.91 Å². The quantitative estimate of drug-likeness (QED) is 0.833. The third-order valence-corrected chi connectivity index (χ3v) is 2.76. The van der Waals surface area contributed by atoms with Crippen LogP contribution in [0.4, 0.5) is 10.1 Å². The lowest BCUT2D eigenvalue weighted by Crippen LogP contribution is -2.12. The van der Waals surface area contributed by atoms with Crippen LogP contribution in [-0.2, 0) is 0 Å². The van der Waals surface area contributed by atoms with Crippen LogP contribution in [0.2, 0.25) is 0 Å². The number of aryl methyl sites for hydroxylation is 1. The van der Waals surface area contributed by atoms with E-state index in [-0.39, 0.29) is 17.3 Å². The number of aromatic amines is 1. The predicted molar refractivity (Wildman–Crippen MR) is 69.9 cm³/mol. The van der Waals surface area contributed by atoms with E-state index in [0.29, 0.717) is 16.8 Å². The summed E-state index contributed by atoms with van der Waals surface area (Å²) in [5, 5.41) is 2.56. The first-order chi connectivity index (χ1) is 8.97. The Morgan fingerprint density at radius 1 is 1.26 bits per heavy atom. The molecule has 0 saturated carbocycles. The lowest BCUT2D eigenvalue weighted by molar-refractivity contribution is 0.101. The monoisotopic (exact) mass is 260 g/mol. The van der Waals surface area contributed by atoms with Crippen LogP contribution >= 0.6 is 0 Å². The number of carbonyl (C=O) groups excluding carboxylic acids is 2. The molecule has 0 aliphatic carbocycles. The van der Waals surface area contributed by atoms with Gasteiger partial charge in [0.1, 0.15) is 11.5 Å². The van der Waals surface area contributed by atoms with Gasteiger partial charge in [0.2, 0.25) is 0 Å². The minimum absolute atomic E-state index is 0.128. The molecule has 0 bridgehead atoms. The van der Waals surface area contributed by atoms with Gasteiger partial charge < -0.3 is 10.3 Å². The molecule has 0 aliphatic rings. The SMILES string of the molecule is CC(=O)c1c[nH]c(C(=O)Nc2ccc(C)c(F)c2)c1. The summed E-state index contributed by atoms with van der Waals surface area (Å²) < 4.78 is 13.3. The molecular formula is C14H13FN2O2. The van der Waals surface area contributed by atoms with E-state index in [0.717, 1.165) is 0 Å². The zero-order valence-electron chi connectivity index (χ0n) is 10.6. The number of aromatic nitrogens is 1. The summed E-state index contributed by atoms with van der Waals surface area (Å²) in [5.74, 6) is -0.929. The van der Waals surface area contributed by atoms with Crippen molar-refractivity contribution in [2.24, 2.45) is 0 Å². The van der Waals surface area contributed by atoms with E-state index < -0.39 is 5.91 Å². The third kappa shape index (κ3) is 2.88. The highest BCUT2D eigenvalue weighted by Crippen LogP contribution is 2.15. The number of rotatable bonds is 3. The second-order valence-electron chi connectivity index (χ2n) is 4.28. The number of benzene rings is 1. The second-order valence-corrected chi connectivity index (χ2v) is 4.28. The summed E-state index contributed by atoms with van der Waals surface area (Å²) in [6.45, 7) is 3.06. The van der Waals surface area contributed by atoms with Crippen LogP contribution in [0.3, 0.4) is 0 Å². The Labute approximate surface area is 109 Å². The van der Waals surface area contributed by atoms with Gasteiger partial charge in [-0.3, -0.25) is 9.59 Å². The molecule has 5 heteroatoms. The number of hydrogen-bond donors (Lipinski definition) is 2. The number of hydrogen-bond acceptors (Lipinski definition) is 2. The van der Waals surface area contributed by atoms with E-state index in [4.69, 9.17) is 0 Å². The Balaban J connectivity index is 2.15. The molecule has 2 aromatic rings. The van der Waals surface area contributed by atoms with Crippen molar-refractivity contribution in [3.8, 4) is 0 Å². The van der Waals surface area contributed by atoms with Gasteiger partial charge in [-0.15, -0.1) is 0 Å². The normalized spacial score (nSPS) is 10.3. The van der Waals surface area contributed by atoms with Gasteiger partial charge in [0, 0.05) is 17.4 Å². The summed E-state index contributed by atoms with van der Waals surface area (Å²) >= 11 is 0. The molecule has 0 aliphatic heterocycles. The van der Waals surface area contributed by atoms with Crippen LogP contribution < -0.4 is 5.32 Å². The third-order valence-electron chi connectivity index (χ3n) is 2.76. The Morgan fingerprint density at radius 3 is 2.58 bits per heavy atom. The first-order valence-corrected chi connectivity index (χ1v) is 5.74. The molecule has 0 atom stereocenters. The van der Waals surface area contributed by atoms with Gasteiger partial charge in [-0.2, -0.15) is 0 Å². The van der Waals surface area contributed by atoms with Crippen molar-refractivity contribution in [3.05, 3.63) is 53.1 Å². The van der Waals surface area contributed by atoms with Crippen molar-refractivity contribution >= 4 is 17.4 Å². The molecule has 0 saturated heterocycles. The lowest BCUT2D eigenvalue weighted by atomic mass is 10.2. The fraction of sp³-hybridized carbons (Fsp3) is 0.143. The van der Waals surface area contributed by atoms with Gasteiger partial charge in [-0.05, 0) is 37.6 Å².